The Balaban J connectivity index is 2.38. The highest BCUT2D eigenvalue weighted by atomic mass is 79.9. The molecule has 0 saturated heterocycles. The van der Waals surface area contributed by atoms with Gasteiger partial charge in [0.1, 0.15) is 5.82 Å². The van der Waals surface area contributed by atoms with Crippen molar-refractivity contribution in [1.29, 1.82) is 0 Å². The largest absolute Gasteiger partial charge is 0.384 e. The normalized spacial score (nSPS) is 13.5. The Morgan fingerprint density at radius 1 is 1.26 bits per heavy atom. The minimum Gasteiger partial charge on any atom is -0.384 e. The van der Waals surface area contributed by atoms with Crippen molar-refractivity contribution >= 4 is 21.7 Å². The van der Waals surface area contributed by atoms with Gasteiger partial charge in [-0.2, -0.15) is 5.10 Å². The summed E-state index contributed by atoms with van der Waals surface area (Å²) in [5, 5.41) is 4.66. The van der Waals surface area contributed by atoms with E-state index in [9.17, 15) is 0 Å². The molecule has 1 unspecified atom stereocenters. The predicted molar refractivity (Wildman–Crippen MR) is 83.3 cm³/mol. The molecule has 0 bridgehead atoms. The van der Waals surface area contributed by atoms with E-state index in [1.165, 1.54) is 5.56 Å². The zero-order valence-electron chi connectivity index (χ0n) is 11.8. The van der Waals surface area contributed by atoms with Gasteiger partial charge in [-0.25, -0.2) is 4.68 Å². The summed E-state index contributed by atoms with van der Waals surface area (Å²) < 4.78 is 2.97. The van der Waals surface area contributed by atoms with Crippen LogP contribution in [0.3, 0.4) is 0 Å². The summed E-state index contributed by atoms with van der Waals surface area (Å²) >= 11 is 3.50. The topological polar surface area (TPSA) is 43.8 Å². The molecule has 0 aliphatic rings. The first-order valence-electron chi connectivity index (χ1n) is 6.40. The number of nitrogen functional groups attached to an aromatic ring is 1. The number of nitrogens with zero attached hydrogens (tertiary/aromatic N) is 2. The molecule has 1 atom stereocenters. The smallest absolute Gasteiger partial charge is 0.122 e. The number of aromatic nitrogens is 2. The quantitative estimate of drug-likeness (QED) is 0.903. The number of rotatable bonds is 2. The Morgan fingerprint density at radius 2 is 1.95 bits per heavy atom. The Bertz CT molecular complexity index is 581. The van der Waals surface area contributed by atoms with Crippen molar-refractivity contribution < 1.29 is 0 Å². The maximum Gasteiger partial charge on any atom is 0.122 e. The third kappa shape index (κ3) is 3.00. The van der Waals surface area contributed by atoms with Gasteiger partial charge in [-0.05, 0) is 38.5 Å². The number of halogens is 1. The molecular weight excluding hydrogens is 302 g/mol. The summed E-state index contributed by atoms with van der Waals surface area (Å²) in [6.07, 6.45) is 0. The number of anilines is 1. The molecule has 0 amide bonds. The molecular formula is C15H20BrN3. The van der Waals surface area contributed by atoms with Crippen LogP contribution in [0.5, 0.6) is 0 Å². The molecule has 2 N–H and O–H groups in total. The molecule has 0 spiro atoms. The van der Waals surface area contributed by atoms with Crippen LogP contribution in [0.2, 0.25) is 0 Å². The third-order valence-electron chi connectivity index (χ3n) is 3.18. The van der Waals surface area contributed by atoms with Gasteiger partial charge in [0.05, 0.1) is 11.2 Å². The summed E-state index contributed by atoms with van der Waals surface area (Å²) in [7, 11) is 0. The van der Waals surface area contributed by atoms with Crippen LogP contribution in [0.4, 0.5) is 5.82 Å². The van der Waals surface area contributed by atoms with Gasteiger partial charge in [0.15, 0.2) is 0 Å². The molecule has 1 aromatic carbocycles. The van der Waals surface area contributed by atoms with E-state index in [0.29, 0.717) is 5.82 Å². The Kier molecular flexibility index (Phi) is 3.72. The molecule has 19 heavy (non-hydrogen) atoms. The minimum atomic E-state index is -0.0979. The van der Waals surface area contributed by atoms with E-state index >= 15 is 0 Å². The van der Waals surface area contributed by atoms with Crippen LogP contribution in [0.25, 0.3) is 0 Å². The van der Waals surface area contributed by atoms with Gasteiger partial charge in [0.25, 0.3) is 0 Å². The van der Waals surface area contributed by atoms with Crippen LogP contribution in [0.1, 0.15) is 44.9 Å². The lowest BCUT2D eigenvalue weighted by molar-refractivity contribution is 0.358. The van der Waals surface area contributed by atoms with Gasteiger partial charge in [-0.1, -0.05) is 35.0 Å². The zero-order chi connectivity index (χ0) is 14.2. The van der Waals surface area contributed by atoms with Crippen molar-refractivity contribution in [3.8, 4) is 0 Å². The molecule has 1 heterocycles. The maximum absolute atomic E-state index is 6.06. The summed E-state index contributed by atoms with van der Waals surface area (Å²) in [5.41, 5.74) is 8.20. The molecule has 1 aromatic heterocycles. The van der Waals surface area contributed by atoms with Gasteiger partial charge in [0.2, 0.25) is 0 Å². The van der Waals surface area contributed by atoms with Gasteiger partial charge in [-0.3, -0.25) is 0 Å². The fourth-order valence-electron chi connectivity index (χ4n) is 2.11. The number of hydrogen-bond acceptors (Lipinski definition) is 2. The highest BCUT2D eigenvalue weighted by molar-refractivity contribution is 9.10. The standard InChI is InChI=1S/C15H20BrN3/c1-10(11-6-5-7-12(16)8-11)13-9-14(17)19(18-13)15(2,3)4/h5-10H,17H2,1-4H3. The monoisotopic (exact) mass is 321 g/mol. The Hall–Kier alpha value is -1.29. The van der Waals surface area contributed by atoms with E-state index in [0.717, 1.165) is 10.2 Å². The number of hydrogen-bond donors (Lipinski definition) is 1. The summed E-state index contributed by atoms with van der Waals surface area (Å²) in [4.78, 5) is 0. The van der Waals surface area contributed by atoms with E-state index in [1.807, 2.05) is 22.9 Å². The first-order valence-corrected chi connectivity index (χ1v) is 7.19. The molecule has 0 radical (unpaired) electrons. The fourth-order valence-corrected chi connectivity index (χ4v) is 2.53. The Labute approximate surface area is 122 Å². The molecule has 0 saturated carbocycles. The van der Waals surface area contributed by atoms with E-state index in [2.05, 4.69) is 60.9 Å². The first kappa shape index (κ1) is 14.1. The molecule has 4 heteroatoms. The Morgan fingerprint density at radius 3 is 2.47 bits per heavy atom. The minimum absolute atomic E-state index is 0.0979. The SMILES string of the molecule is CC(c1cccc(Br)c1)c1cc(N)n(C(C)(C)C)n1. The van der Waals surface area contributed by atoms with E-state index < -0.39 is 0 Å². The molecule has 2 rings (SSSR count). The van der Waals surface area contributed by atoms with E-state index in [1.54, 1.807) is 0 Å². The van der Waals surface area contributed by atoms with Crippen molar-refractivity contribution in [3.05, 3.63) is 46.1 Å². The molecule has 102 valence electrons. The molecule has 2 aromatic rings. The van der Waals surface area contributed by atoms with Crippen LogP contribution in [-0.2, 0) is 5.54 Å². The molecule has 0 aliphatic carbocycles. The lowest BCUT2D eigenvalue weighted by Gasteiger charge is -2.20. The van der Waals surface area contributed by atoms with Gasteiger partial charge >= 0.3 is 0 Å². The van der Waals surface area contributed by atoms with Gasteiger partial charge in [-0.15, -0.1) is 0 Å². The summed E-state index contributed by atoms with van der Waals surface area (Å²) in [6, 6.07) is 10.3. The second-order valence-corrected chi connectivity index (χ2v) is 6.77. The molecule has 0 fully saturated rings. The maximum atomic E-state index is 6.06. The summed E-state index contributed by atoms with van der Waals surface area (Å²) in [5.74, 6) is 0.938. The van der Waals surface area contributed by atoms with Crippen LogP contribution < -0.4 is 5.73 Å². The van der Waals surface area contributed by atoms with Crippen molar-refractivity contribution in [3.63, 3.8) is 0 Å². The predicted octanol–water partition coefficient (Wildman–Crippen LogP) is 4.13. The van der Waals surface area contributed by atoms with Crippen molar-refractivity contribution in [2.24, 2.45) is 0 Å². The van der Waals surface area contributed by atoms with Crippen LogP contribution in [0.15, 0.2) is 34.8 Å². The fraction of sp³-hybridized carbons (Fsp3) is 0.400. The van der Waals surface area contributed by atoms with Gasteiger partial charge < -0.3 is 5.73 Å². The highest BCUT2D eigenvalue weighted by Crippen LogP contribution is 2.28. The van der Waals surface area contributed by atoms with Crippen molar-refractivity contribution in [2.45, 2.75) is 39.2 Å². The second-order valence-electron chi connectivity index (χ2n) is 5.85. The number of nitrogens with two attached hydrogens (primary N) is 1. The summed E-state index contributed by atoms with van der Waals surface area (Å²) in [6.45, 7) is 8.45. The van der Waals surface area contributed by atoms with Crippen molar-refractivity contribution in [2.75, 3.05) is 5.73 Å². The van der Waals surface area contributed by atoms with Gasteiger partial charge in [0, 0.05) is 16.5 Å². The average Bonchev–Trinajstić information content (AvgIpc) is 2.70. The van der Waals surface area contributed by atoms with Crippen LogP contribution in [-0.4, -0.2) is 9.78 Å². The van der Waals surface area contributed by atoms with E-state index in [4.69, 9.17) is 5.73 Å². The molecule has 0 aliphatic heterocycles. The van der Waals surface area contributed by atoms with Crippen molar-refractivity contribution in [1.82, 2.24) is 9.78 Å². The lowest BCUT2D eigenvalue weighted by Crippen LogP contribution is -2.24. The molecule has 3 nitrogen and oxygen atoms in total. The lowest BCUT2D eigenvalue weighted by atomic mass is 9.98. The second kappa shape index (κ2) is 5.00. The first-order chi connectivity index (χ1) is 8.79. The zero-order valence-corrected chi connectivity index (χ0v) is 13.4. The van der Waals surface area contributed by atoms with Crippen LogP contribution >= 0.6 is 15.9 Å². The number of benzene rings is 1. The van der Waals surface area contributed by atoms with E-state index in [-0.39, 0.29) is 11.5 Å². The average molecular weight is 322 g/mol. The van der Waals surface area contributed by atoms with Crippen LogP contribution in [0, 0.1) is 0 Å². The third-order valence-corrected chi connectivity index (χ3v) is 3.68. The highest BCUT2D eigenvalue weighted by Gasteiger charge is 2.20.